The summed E-state index contributed by atoms with van der Waals surface area (Å²) in [6, 6.07) is 8.21. The van der Waals surface area contributed by atoms with Crippen LogP contribution in [0.3, 0.4) is 0 Å². The number of anilines is 1. The Hall–Kier alpha value is -1.97. The number of ether oxygens (including phenoxy) is 1. The van der Waals surface area contributed by atoms with E-state index in [-0.39, 0.29) is 6.10 Å². The number of rotatable bonds is 6. The van der Waals surface area contributed by atoms with Crippen molar-refractivity contribution in [2.75, 3.05) is 5.32 Å². The van der Waals surface area contributed by atoms with E-state index in [1.165, 1.54) is 5.56 Å². The Morgan fingerprint density at radius 3 is 2.55 bits per heavy atom. The summed E-state index contributed by atoms with van der Waals surface area (Å²) in [4.78, 5) is 0. The number of hydrogen-bond acceptors (Lipinski definition) is 3. The topological polar surface area (TPSA) is 39.1 Å². The summed E-state index contributed by atoms with van der Waals surface area (Å²) in [5.74, 6) is 0.916. The lowest BCUT2D eigenvalue weighted by Crippen LogP contribution is -2.05. The maximum absolute atomic E-state index is 5.64. The van der Waals surface area contributed by atoms with Crippen molar-refractivity contribution in [3.8, 4) is 5.75 Å². The van der Waals surface area contributed by atoms with Gasteiger partial charge in [0, 0.05) is 19.8 Å². The molecule has 0 saturated carbocycles. The summed E-state index contributed by atoms with van der Waals surface area (Å²) in [6.45, 7) is 6.97. The van der Waals surface area contributed by atoms with E-state index in [2.05, 4.69) is 29.5 Å². The number of benzene rings is 1. The molecule has 0 radical (unpaired) electrons. The molecule has 0 aliphatic heterocycles. The van der Waals surface area contributed by atoms with Gasteiger partial charge in [0.25, 0.3) is 0 Å². The molecule has 1 heterocycles. The minimum atomic E-state index is 0.210. The Labute approximate surface area is 120 Å². The third-order valence-electron chi connectivity index (χ3n) is 3.02. The molecule has 1 N–H and O–H groups in total. The first kappa shape index (κ1) is 14.4. The molecular formula is C16H23N3O. The minimum absolute atomic E-state index is 0.210. The van der Waals surface area contributed by atoms with Crippen molar-refractivity contribution in [1.82, 2.24) is 9.78 Å². The fourth-order valence-electron chi connectivity index (χ4n) is 2.10. The summed E-state index contributed by atoms with van der Waals surface area (Å²) >= 11 is 0. The molecule has 0 fully saturated rings. The highest BCUT2D eigenvalue weighted by Crippen LogP contribution is 2.17. The molecule has 108 valence electrons. The van der Waals surface area contributed by atoms with Gasteiger partial charge in [-0.1, -0.05) is 19.1 Å². The first-order valence-corrected chi connectivity index (χ1v) is 7.10. The van der Waals surface area contributed by atoms with Crippen molar-refractivity contribution in [3.05, 3.63) is 41.7 Å². The SMILES string of the molecule is CCc1nn(C)cc1NCc1ccc(OC(C)C)cc1. The predicted octanol–water partition coefficient (Wildman–Crippen LogP) is 3.38. The number of hydrogen-bond donors (Lipinski definition) is 1. The van der Waals surface area contributed by atoms with Crippen LogP contribution < -0.4 is 10.1 Å². The second kappa shape index (κ2) is 6.46. The average Bonchev–Trinajstić information content (AvgIpc) is 2.78. The van der Waals surface area contributed by atoms with Gasteiger partial charge in [-0.3, -0.25) is 4.68 Å². The van der Waals surface area contributed by atoms with Crippen LogP contribution in [0.2, 0.25) is 0 Å². The molecule has 0 aliphatic rings. The van der Waals surface area contributed by atoms with E-state index < -0.39 is 0 Å². The molecule has 2 rings (SSSR count). The lowest BCUT2D eigenvalue weighted by molar-refractivity contribution is 0.242. The molecule has 0 atom stereocenters. The highest BCUT2D eigenvalue weighted by molar-refractivity contribution is 5.47. The molecule has 1 aromatic carbocycles. The van der Waals surface area contributed by atoms with Crippen LogP contribution in [0.1, 0.15) is 32.0 Å². The van der Waals surface area contributed by atoms with Gasteiger partial charge in [0.05, 0.1) is 17.5 Å². The zero-order valence-corrected chi connectivity index (χ0v) is 12.7. The maximum atomic E-state index is 5.64. The van der Waals surface area contributed by atoms with E-state index >= 15 is 0 Å². The molecule has 0 unspecified atom stereocenters. The molecular weight excluding hydrogens is 250 g/mol. The van der Waals surface area contributed by atoms with E-state index in [0.717, 1.165) is 30.1 Å². The second-order valence-electron chi connectivity index (χ2n) is 5.18. The normalized spacial score (nSPS) is 10.8. The largest absolute Gasteiger partial charge is 0.491 e. The third-order valence-corrected chi connectivity index (χ3v) is 3.02. The lowest BCUT2D eigenvalue weighted by Gasteiger charge is -2.10. The Bertz CT molecular complexity index is 543. The second-order valence-corrected chi connectivity index (χ2v) is 5.18. The van der Waals surface area contributed by atoms with Crippen LogP contribution in [0.5, 0.6) is 5.75 Å². The highest BCUT2D eigenvalue weighted by Gasteiger charge is 2.05. The molecule has 4 heteroatoms. The molecule has 0 aliphatic carbocycles. The summed E-state index contributed by atoms with van der Waals surface area (Å²) in [5, 5.41) is 7.86. The van der Waals surface area contributed by atoms with Crippen molar-refractivity contribution in [1.29, 1.82) is 0 Å². The molecule has 0 amide bonds. The van der Waals surface area contributed by atoms with E-state index in [1.54, 1.807) is 0 Å². The van der Waals surface area contributed by atoms with Gasteiger partial charge in [0.2, 0.25) is 0 Å². The Balaban J connectivity index is 1.96. The van der Waals surface area contributed by atoms with Crippen molar-refractivity contribution >= 4 is 5.69 Å². The van der Waals surface area contributed by atoms with Crippen molar-refractivity contribution in [2.45, 2.75) is 39.8 Å². The summed E-state index contributed by atoms with van der Waals surface area (Å²) < 4.78 is 7.49. The van der Waals surface area contributed by atoms with E-state index in [1.807, 2.05) is 43.9 Å². The zero-order chi connectivity index (χ0) is 14.5. The smallest absolute Gasteiger partial charge is 0.119 e. The summed E-state index contributed by atoms with van der Waals surface area (Å²) in [7, 11) is 1.95. The maximum Gasteiger partial charge on any atom is 0.119 e. The van der Waals surface area contributed by atoms with Gasteiger partial charge in [-0.2, -0.15) is 5.10 Å². The standard InChI is InChI=1S/C16H23N3O/c1-5-15-16(11-19(4)18-15)17-10-13-6-8-14(9-7-13)20-12(2)3/h6-9,11-12,17H,5,10H2,1-4H3. The van der Waals surface area contributed by atoms with Crippen molar-refractivity contribution in [2.24, 2.45) is 7.05 Å². The van der Waals surface area contributed by atoms with Crippen LogP contribution in [-0.4, -0.2) is 15.9 Å². The van der Waals surface area contributed by atoms with E-state index in [9.17, 15) is 0 Å². The minimum Gasteiger partial charge on any atom is -0.491 e. The first-order chi connectivity index (χ1) is 9.58. The number of nitrogens with zero attached hydrogens (tertiary/aromatic N) is 2. The van der Waals surface area contributed by atoms with Crippen molar-refractivity contribution in [3.63, 3.8) is 0 Å². The van der Waals surface area contributed by atoms with Crippen LogP contribution in [0.25, 0.3) is 0 Å². The average molecular weight is 273 g/mol. The molecule has 4 nitrogen and oxygen atoms in total. The molecule has 2 aromatic rings. The Morgan fingerprint density at radius 1 is 1.25 bits per heavy atom. The number of aromatic nitrogens is 2. The predicted molar refractivity (Wildman–Crippen MR) is 82.1 cm³/mol. The van der Waals surface area contributed by atoms with Crippen LogP contribution in [0.4, 0.5) is 5.69 Å². The fourth-order valence-corrected chi connectivity index (χ4v) is 2.10. The van der Waals surface area contributed by atoms with E-state index in [0.29, 0.717) is 0 Å². The fraction of sp³-hybridized carbons (Fsp3) is 0.438. The van der Waals surface area contributed by atoms with Gasteiger partial charge in [-0.15, -0.1) is 0 Å². The van der Waals surface area contributed by atoms with Crippen LogP contribution >= 0.6 is 0 Å². The Morgan fingerprint density at radius 2 is 1.95 bits per heavy atom. The molecule has 20 heavy (non-hydrogen) atoms. The van der Waals surface area contributed by atoms with Crippen LogP contribution in [0, 0.1) is 0 Å². The molecule has 0 saturated heterocycles. The van der Waals surface area contributed by atoms with Gasteiger partial charge >= 0.3 is 0 Å². The number of aryl methyl sites for hydroxylation is 2. The van der Waals surface area contributed by atoms with E-state index in [4.69, 9.17) is 4.74 Å². The van der Waals surface area contributed by atoms with Gasteiger partial charge in [0.1, 0.15) is 5.75 Å². The van der Waals surface area contributed by atoms with Crippen molar-refractivity contribution < 1.29 is 4.74 Å². The summed E-state index contributed by atoms with van der Waals surface area (Å²) in [6.07, 6.45) is 3.17. The first-order valence-electron chi connectivity index (χ1n) is 7.10. The lowest BCUT2D eigenvalue weighted by atomic mass is 10.2. The van der Waals surface area contributed by atoms with Gasteiger partial charge in [-0.25, -0.2) is 0 Å². The van der Waals surface area contributed by atoms with Gasteiger partial charge < -0.3 is 10.1 Å². The summed E-state index contributed by atoms with van der Waals surface area (Å²) in [5.41, 5.74) is 3.44. The zero-order valence-electron chi connectivity index (χ0n) is 12.7. The molecule has 0 bridgehead atoms. The van der Waals surface area contributed by atoms with Crippen LogP contribution in [0.15, 0.2) is 30.5 Å². The monoisotopic (exact) mass is 273 g/mol. The number of nitrogens with one attached hydrogen (secondary N) is 1. The third kappa shape index (κ3) is 3.76. The molecule has 1 aromatic heterocycles. The van der Waals surface area contributed by atoms with Crippen LogP contribution in [-0.2, 0) is 20.0 Å². The molecule has 0 spiro atoms. The quantitative estimate of drug-likeness (QED) is 0.877. The van der Waals surface area contributed by atoms with Gasteiger partial charge in [0.15, 0.2) is 0 Å². The Kier molecular flexibility index (Phi) is 4.66. The van der Waals surface area contributed by atoms with Gasteiger partial charge in [-0.05, 0) is 38.0 Å². The highest BCUT2D eigenvalue weighted by atomic mass is 16.5.